The van der Waals surface area contributed by atoms with Crippen LogP contribution in [0.1, 0.15) is 0 Å². The maximum Gasteiger partial charge on any atom is 0.415 e. The number of thiol groups is 1. The number of hydrogen-bond acceptors (Lipinski definition) is 4. The van der Waals surface area contributed by atoms with Crippen LogP contribution in [0.3, 0.4) is 0 Å². The van der Waals surface area contributed by atoms with Crippen LogP contribution in [0, 0.1) is 0 Å². The van der Waals surface area contributed by atoms with E-state index in [4.69, 9.17) is 4.74 Å². The van der Waals surface area contributed by atoms with Crippen LogP contribution in [0.5, 0.6) is 5.75 Å². The molecule has 1 aliphatic rings. The second kappa shape index (κ2) is 6.75. The molecule has 0 spiro atoms. The van der Waals surface area contributed by atoms with Crippen molar-refractivity contribution < 1.29 is 9.53 Å². The van der Waals surface area contributed by atoms with E-state index in [0.29, 0.717) is 18.8 Å². The van der Waals surface area contributed by atoms with Gasteiger partial charge in [-0.25, -0.2) is 4.79 Å². The number of amides is 1. The highest BCUT2D eigenvalue weighted by Crippen LogP contribution is 2.24. The molecule has 0 aromatic heterocycles. The van der Waals surface area contributed by atoms with Gasteiger partial charge in [-0.2, -0.15) is 0 Å². The molecule has 0 radical (unpaired) electrons. The molecule has 5 heteroatoms. The molecule has 2 aromatic carbocycles. The maximum atomic E-state index is 12.1. The van der Waals surface area contributed by atoms with E-state index in [1.54, 1.807) is 17.0 Å². The second-order valence-electron chi connectivity index (χ2n) is 5.14. The molecule has 1 amide bonds. The molecule has 0 unspecified atom stereocenters. The van der Waals surface area contributed by atoms with E-state index in [2.05, 4.69) is 23.6 Å². The van der Waals surface area contributed by atoms with Gasteiger partial charge in [-0.15, -0.1) is 12.6 Å². The number of piperazine rings is 1. The lowest BCUT2D eigenvalue weighted by Crippen LogP contribution is -2.49. The Balaban J connectivity index is 1.58. The maximum absolute atomic E-state index is 12.1. The van der Waals surface area contributed by atoms with Crippen molar-refractivity contribution in [1.29, 1.82) is 0 Å². The van der Waals surface area contributed by atoms with Crippen LogP contribution in [-0.2, 0) is 0 Å². The summed E-state index contributed by atoms with van der Waals surface area (Å²) in [6, 6.07) is 17.2. The van der Waals surface area contributed by atoms with Crippen LogP contribution in [0.2, 0.25) is 0 Å². The van der Waals surface area contributed by atoms with Crippen molar-refractivity contribution >= 4 is 24.4 Å². The van der Waals surface area contributed by atoms with Crippen molar-refractivity contribution in [3.05, 3.63) is 54.6 Å². The molecule has 0 aliphatic carbocycles. The van der Waals surface area contributed by atoms with E-state index in [9.17, 15) is 4.79 Å². The zero-order valence-corrected chi connectivity index (χ0v) is 13.1. The van der Waals surface area contributed by atoms with Gasteiger partial charge in [0.25, 0.3) is 0 Å². The molecule has 1 heterocycles. The van der Waals surface area contributed by atoms with E-state index in [0.717, 1.165) is 23.7 Å². The zero-order chi connectivity index (χ0) is 15.4. The number of nitrogens with zero attached hydrogens (tertiary/aromatic N) is 2. The second-order valence-corrected chi connectivity index (χ2v) is 5.63. The van der Waals surface area contributed by atoms with E-state index in [-0.39, 0.29) is 6.09 Å². The van der Waals surface area contributed by atoms with Crippen molar-refractivity contribution in [2.45, 2.75) is 4.90 Å². The van der Waals surface area contributed by atoms with Gasteiger partial charge in [0.2, 0.25) is 0 Å². The fourth-order valence-corrected chi connectivity index (χ4v) is 2.82. The predicted octanol–water partition coefficient (Wildman–Crippen LogP) is 3.30. The monoisotopic (exact) mass is 314 g/mol. The summed E-state index contributed by atoms with van der Waals surface area (Å²) in [5, 5.41) is 0. The Morgan fingerprint density at radius 3 is 2.23 bits per heavy atom. The minimum atomic E-state index is -0.287. The van der Waals surface area contributed by atoms with Crippen molar-refractivity contribution in [2.24, 2.45) is 0 Å². The van der Waals surface area contributed by atoms with Crippen LogP contribution in [0.4, 0.5) is 10.5 Å². The summed E-state index contributed by atoms with van der Waals surface area (Å²) in [4.78, 5) is 17.1. The topological polar surface area (TPSA) is 32.8 Å². The minimum Gasteiger partial charge on any atom is -0.410 e. The standard InChI is InChI=1S/C17H18N2O2S/c20-17(21-14-6-2-1-3-7-14)19-12-10-18(11-13-19)15-8-4-5-9-16(15)22/h1-9,22H,10-13H2. The largest absolute Gasteiger partial charge is 0.415 e. The Morgan fingerprint density at radius 1 is 0.909 bits per heavy atom. The lowest BCUT2D eigenvalue weighted by atomic mass is 10.2. The molecule has 114 valence electrons. The molecule has 1 aliphatic heterocycles. The Hall–Kier alpha value is -2.14. The van der Waals surface area contributed by atoms with Gasteiger partial charge in [-0.05, 0) is 24.3 Å². The van der Waals surface area contributed by atoms with Gasteiger partial charge in [0.1, 0.15) is 5.75 Å². The Kier molecular flexibility index (Phi) is 4.53. The average Bonchev–Trinajstić information content (AvgIpc) is 2.56. The minimum absolute atomic E-state index is 0.287. The van der Waals surface area contributed by atoms with Gasteiger partial charge in [-0.3, -0.25) is 0 Å². The van der Waals surface area contributed by atoms with Gasteiger partial charge in [-0.1, -0.05) is 30.3 Å². The number of anilines is 1. The summed E-state index contributed by atoms with van der Waals surface area (Å²) in [6.07, 6.45) is -0.287. The SMILES string of the molecule is O=C(Oc1ccccc1)N1CCN(c2ccccc2S)CC1. The summed E-state index contributed by atoms with van der Waals surface area (Å²) >= 11 is 4.49. The Bertz CT molecular complexity index is 640. The van der Waals surface area contributed by atoms with E-state index >= 15 is 0 Å². The summed E-state index contributed by atoms with van der Waals surface area (Å²) in [6.45, 7) is 2.85. The van der Waals surface area contributed by atoms with Crippen LogP contribution in [-0.4, -0.2) is 37.2 Å². The highest BCUT2D eigenvalue weighted by atomic mass is 32.1. The summed E-state index contributed by atoms with van der Waals surface area (Å²) in [5.74, 6) is 0.579. The first-order valence-corrected chi connectivity index (χ1v) is 7.73. The van der Waals surface area contributed by atoms with Crippen LogP contribution < -0.4 is 9.64 Å². The van der Waals surface area contributed by atoms with E-state index < -0.39 is 0 Å². The number of carbonyl (C=O) groups is 1. The fourth-order valence-electron chi connectivity index (χ4n) is 2.52. The molecule has 22 heavy (non-hydrogen) atoms. The summed E-state index contributed by atoms with van der Waals surface area (Å²) in [5.41, 5.74) is 1.11. The zero-order valence-electron chi connectivity index (χ0n) is 12.2. The lowest BCUT2D eigenvalue weighted by molar-refractivity contribution is 0.149. The Labute approximate surface area is 135 Å². The van der Waals surface area contributed by atoms with Crippen molar-refractivity contribution in [3.8, 4) is 5.75 Å². The highest BCUT2D eigenvalue weighted by Gasteiger charge is 2.23. The molecule has 0 bridgehead atoms. The molecule has 3 rings (SSSR count). The number of para-hydroxylation sites is 2. The van der Waals surface area contributed by atoms with Gasteiger partial charge in [0.15, 0.2) is 0 Å². The molecule has 4 nitrogen and oxygen atoms in total. The molecular weight excluding hydrogens is 296 g/mol. The van der Waals surface area contributed by atoms with Crippen LogP contribution in [0.15, 0.2) is 59.5 Å². The van der Waals surface area contributed by atoms with Crippen molar-refractivity contribution in [2.75, 3.05) is 31.1 Å². The van der Waals surface area contributed by atoms with Crippen molar-refractivity contribution in [3.63, 3.8) is 0 Å². The number of hydrogen-bond donors (Lipinski definition) is 1. The number of benzene rings is 2. The quantitative estimate of drug-likeness (QED) is 0.863. The highest BCUT2D eigenvalue weighted by molar-refractivity contribution is 7.80. The number of rotatable bonds is 2. The molecule has 2 aromatic rings. The number of ether oxygens (including phenoxy) is 1. The van der Waals surface area contributed by atoms with Crippen LogP contribution in [0.25, 0.3) is 0 Å². The van der Waals surface area contributed by atoms with Gasteiger partial charge in [0.05, 0.1) is 5.69 Å². The average molecular weight is 314 g/mol. The van der Waals surface area contributed by atoms with Crippen LogP contribution >= 0.6 is 12.6 Å². The Morgan fingerprint density at radius 2 is 1.55 bits per heavy atom. The van der Waals surface area contributed by atoms with E-state index in [1.165, 1.54) is 0 Å². The third kappa shape index (κ3) is 3.36. The first kappa shape index (κ1) is 14.8. The molecule has 1 fully saturated rings. The molecule has 0 atom stereocenters. The first-order valence-electron chi connectivity index (χ1n) is 7.29. The smallest absolute Gasteiger partial charge is 0.410 e. The molecule has 0 N–H and O–H groups in total. The predicted molar refractivity (Wildman–Crippen MR) is 89.9 cm³/mol. The molecule has 0 saturated carbocycles. The van der Waals surface area contributed by atoms with E-state index in [1.807, 2.05) is 36.4 Å². The fraction of sp³-hybridized carbons (Fsp3) is 0.235. The molecular formula is C17H18N2O2S. The summed E-state index contributed by atoms with van der Waals surface area (Å²) < 4.78 is 5.37. The normalized spacial score (nSPS) is 14.8. The first-order chi connectivity index (χ1) is 10.7. The van der Waals surface area contributed by atoms with Gasteiger partial charge < -0.3 is 14.5 Å². The third-order valence-corrected chi connectivity index (χ3v) is 4.09. The van der Waals surface area contributed by atoms with Crippen molar-refractivity contribution in [1.82, 2.24) is 4.90 Å². The third-order valence-electron chi connectivity index (χ3n) is 3.71. The van der Waals surface area contributed by atoms with Gasteiger partial charge >= 0.3 is 6.09 Å². The van der Waals surface area contributed by atoms with Gasteiger partial charge in [0, 0.05) is 31.1 Å². The summed E-state index contributed by atoms with van der Waals surface area (Å²) in [7, 11) is 0. The number of carbonyl (C=O) groups excluding carboxylic acids is 1. The lowest BCUT2D eigenvalue weighted by Gasteiger charge is -2.35. The molecule has 1 saturated heterocycles.